The van der Waals surface area contributed by atoms with E-state index in [1.54, 1.807) is 11.8 Å². The summed E-state index contributed by atoms with van der Waals surface area (Å²) < 4.78 is 0.230. The van der Waals surface area contributed by atoms with Crippen LogP contribution in [0.5, 0.6) is 0 Å². The molecule has 0 spiro atoms. The van der Waals surface area contributed by atoms with E-state index in [1.807, 2.05) is 11.5 Å². The van der Waals surface area contributed by atoms with E-state index in [0.29, 0.717) is 0 Å². The van der Waals surface area contributed by atoms with E-state index in [1.165, 1.54) is 6.08 Å². The first-order chi connectivity index (χ1) is 4.06. The van der Waals surface area contributed by atoms with Gasteiger partial charge < -0.3 is 0 Å². The molecule has 0 aromatic heterocycles. The number of hydrogen-bond acceptors (Lipinski definition) is 2. The van der Waals surface area contributed by atoms with Gasteiger partial charge in [-0.2, -0.15) is 5.26 Å². The van der Waals surface area contributed by atoms with Gasteiger partial charge in [0, 0.05) is 10.8 Å². The highest BCUT2D eigenvalue weighted by atomic mass is 32.2. The molecular formula is C7H11NS. The molecule has 0 aliphatic carbocycles. The monoisotopic (exact) mass is 141 g/mol. The molecule has 50 valence electrons. The second-order valence-corrected chi connectivity index (χ2v) is 4.39. The molecule has 2 heteroatoms. The lowest BCUT2D eigenvalue weighted by Gasteiger charge is -2.12. The van der Waals surface area contributed by atoms with Crippen molar-refractivity contribution in [2.45, 2.75) is 25.5 Å². The molecule has 0 aromatic rings. The van der Waals surface area contributed by atoms with Gasteiger partial charge in [-0.1, -0.05) is 20.8 Å². The average molecular weight is 141 g/mol. The first-order valence-electron chi connectivity index (χ1n) is 2.79. The van der Waals surface area contributed by atoms with Crippen molar-refractivity contribution in [3.05, 3.63) is 11.5 Å². The van der Waals surface area contributed by atoms with Crippen LogP contribution in [0.1, 0.15) is 20.8 Å². The maximum atomic E-state index is 8.11. The summed E-state index contributed by atoms with van der Waals surface area (Å²) in [5.41, 5.74) is 0. The van der Waals surface area contributed by atoms with Crippen LogP contribution in [0.2, 0.25) is 0 Å². The molecule has 0 aliphatic heterocycles. The summed E-state index contributed by atoms with van der Waals surface area (Å²) in [5, 5.41) is 9.93. The minimum atomic E-state index is 0.230. The van der Waals surface area contributed by atoms with Crippen molar-refractivity contribution in [1.29, 1.82) is 5.26 Å². The van der Waals surface area contributed by atoms with Crippen molar-refractivity contribution in [1.82, 2.24) is 0 Å². The number of allylic oxidation sites excluding steroid dienone is 1. The lowest BCUT2D eigenvalue weighted by molar-refractivity contribution is 0.807. The number of rotatable bonds is 1. The van der Waals surface area contributed by atoms with Crippen molar-refractivity contribution in [2.24, 2.45) is 0 Å². The van der Waals surface area contributed by atoms with Gasteiger partial charge in [0.25, 0.3) is 0 Å². The van der Waals surface area contributed by atoms with Crippen LogP contribution >= 0.6 is 11.8 Å². The number of thioether (sulfide) groups is 1. The Morgan fingerprint density at radius 3 is 2.33 bits per heavy atom. The van der Waals surface area contributed by atoms with Crippen LogP contribution < -0.4 is 0 Å². The zero-order chi connectivity index (χ0) is 7.33. The summed E-state index contributed by atoms with van der Waals surface area (Å²) in [4.78, 5) is 0. The van der Waals surface area contributed by atoms with Gasteiger partial charge in [-0.05, 0) is 5.41 Å². The molecule has 0 fully saturated rings. The van der Waals surface area contributed by atoms with E-state index in [0.717, 1.165) is 0 Å². The highest BCUT2D eigenvalue weighted by Gasteiger charge is 2.06. The smallest absolute Gasteiger partial charge is 0.0917 e. The van der Waals surface area contributed by atoms with E-state index < -0.39 is 0 Å². The quantitative estimate of drug-likeness (QED) is 0.524. The van der Waals surface area contributed by atoms with Gasteiger partial charge in [0.2, 0.25) is 0 Å². The van der Waals surface area contributed by atoms with Crippen molar-refractivity contribution >= 4 is 11.8 Å². The number of hydrogen-bond donors (Lipinski definition) is 0. The van der Waals surface area contributed by atoms with Gasteiger partial charge in [0.1, 0.15) is 0 Å². The molecule has 0 bridgehead atoms. The average Bonchev–Trinajstić information content (AvgIpc) is 1.63. The molecule has 1 nitrogen and oxygen atoms in total. The molecule has 0 aromatic carbocycles. The van der Waals surface area contributed by atoms with Crippen LogP contribution in [0.3, 0.4) is 0 Å². The SMILES string of the molecule is CC(C)(C)SC=CC#N. The Morgan fingerprint density at radius 2 is 2.00 bits per heavy atom. The largest absolute Gasteiger partial charge is 0.193 e. The van der Waals surface area contributed by atoms with Crippen molar-refractivity contribution in [3.8, 4) is 6.07 Å². The zero-order valence-corrected chi connectivity index (χ0v) is 6.83. The molecule has 9 heavy (non-hydrogen) atoms. The van der Waals surface area contributed by atoms with Gasteiger partial charge in [-0.15, -0.1) is 11.8 Å². The molecule has 0 heterocycles. The summed E-state index contributed by atoms with van der Waals surface area (Å²) in [6.07, 6.45) is 1.50. The summed E-state index contributed by atoms with van der Waals surface area (Å²) in [7, 11) is 0. The maximum absolute atomic E-state index is 8.11. The minimum Gasteiger partial charge on any atom is -0.193 e. The van der Waals surface area contributed by atoms with Gasteiger partial charge in [0.15, 0.2) is 0 Å². The highest BCUT2D eigenvalue weighted by molar-refractivity contribution is 8.03. The third-order valence-corrected chi connectivity index (χ3v) is 1.54. The first kappa shape index (κ1) is 8.58. The molecule has 0 atom stereocenters. The summed E-state index contributed by atoms with van der Waals surface area (Å²) >= 11 is 1.66. The van der Waals surface area contributed by atoms with Gasteiger partial charge in [-0.25, -0.2) is 0 Å². The van der Waals surface area contributed by atoms with Gasteiger partial charge >= 0.3 is 0 Å². The summed E-state index contributed by atoms with van der Waals surface area (Å²) in [6, 6.07) is 1.94. The number of nitrogens with zero attached hydrogens (tertiary/aromatic N) is 1. The van der Waals surface area contributed by atoms with Crippen molar-refractivity contribution in [2.75, 3.05) is 0 Å². The van der Waals surface area contributed by atoms with E-state index in [9.17, 15) is 0 Å². The van der Waals surface area contributed by atoms with Crippen LogP contribution in [0.25, 0.3) is 0 Å². The Labute approximate surface area is 60.8 Å². The fourth-order valence-electron chi connectivity index (χ4n) is 0.269. The minimum absolute atomic E-state index is 0.230. The van der Waals surface area contributed by atoms with E-state index in [4.69, 9.17) is 5.26 Å². The predicted molar refractivity (Wildman–Crippen MR) is 42.1 cm³/mol. The molecule has 0 radical (unpaired) electrons. The molecule has 0 rings (SSSR count). The van der Waals surface area contributed by atoms with Crippen LogP contribution in [0.4, 0.5) is 0 Å². The Morgan fingerprint density at radius 1 is 1.44 bits per heavy atom. The molecule has 0 amide bonds. The van der Waals surface area contributed by atoms with Gasteiger partial charge in [0.05, 0.1) is 6.07 Å². The van der Waals surface area contributed by atoms with E-state index in [-0.39, 0.29) is 4.75 Å². The van der Waals surface area contributed by atoms with Gasteiger partial charge in [-0.3, -0.25) is 0 Å². The fourth-order valence-corrected chi connectivity index (χ4v) is 0.806. The van der Waals surface area contributed by atoms with E-state index >= 15 is 0 Å². The highest BCUT2D eigenvalue weighted by Crippen LogP contribution is 2.23. The zero-order valence-electron chi connectivity index (χ0n) is 6.01. The van der Waals surface area contributed by atoms with Crippen LogP contribution in [0.15, 0.2) is 11.5 Å². The van der Waals surface area contributed by atoms with Crippen molar-refractivity contribution in [3.63, 3.8) is 0 Å². The Hall–Kier alpha value is -0.420. The first-order valence-corrected chi connectivity index (χ1v) is 3.67. The summed E-state index contributed by atoms with van der Waals surface area (Å²) in [6.45, 7) is 6.33. The van der Waals surface area contributed by atoms with Crippen LogP contribution in [-0.4, -0.2) is 4.75 Å². The third-order valence-electron chi connectivity index (χ3n) is 0.564. The topological polar surface area (TPSA) is 23.8 Å². The van der Waals surface area contributed by atoms with E-state index in [2.05, 4.69) is 20.8 Å². The van der Waals surface area contributed by atoms with Crippen LogP contribution in [-0.2, 0) is 0 Å². The third kappa shape index (κ3) is 7.58. The molecule has 0 saturated carbocycles. The summed E-state index contributed by atoms with van der Waals surface area (Å²) in [5.74, 6) is 0. The molecule has 0 saturated heterocycles. The normalized spacial score (nSPS) is 11.8. The fraction of sp³-hybridized carbons (Fsp3) is 0.571. The second-order valence-electron chi connectivity index (χ2n) is 2.66. The lowest BCUT2D eigenvalue weighted by Crippen LogP contribution is -2.04. The molecule has 0 unspecified atom stereocenters. The lowest BCUT2D eigenvalue weighted by atomic mass is 10.3. The molecule has 0 aliphatic rings. The Kier molecular flexibility index (Phi) is 3.41. The van der Waals surface area contributed by atoms with Crippen LogP contribution in [0, 0.1) is 11.3 Å². The Bertz CT molecular complexity index is 136. The van der Waals surface area contributed by atoms with Crippen molar-refractivity contribution < 1.29 is 0 Å². The molecule has 0 N–H and O–H groups in total. The number of nitriles is 1. The predicted octanol–water partition coefficient (Wildman–Crippen LogP) is 2.56. The Balaban J connectivity index is 3.54. The maximum Gasteiger partial charge on any atom is 0.0917 e. The standard InChI is InChI=1S/C7H11NS/c1-7(2,3)9-6-4-5-8/h4,6H,1-3H3. The molecular weight excluding hydrogens is 130 g/mol. The second kappa shape index (κ2) is 3.58.